The molecule has 0 amide bonds. The lowest BCUT2D eigenvalue weighted by Crippen LogP contribution is -2.18. The Morgan fingerprint density at radius 3 is 2.17 bits per heavy atom. The highest BCUT2D eigenvalue weighted by atomic mass is 32.2. The van der Waals surface area contributed by atoms with Gasteiger partial charge in [-0.2, -0.15) is 0 Å². The molecular formula is C26H25NO2S. The Hall–Kier alpha value is -2.98. The minimum atomic E-state index is -1.11. The first kappa shape index (κ1) is 20.3. The van der Waals surface area contributed by atoms with E-state index < -0.39 is 10.8 Å². The highest BCUT2D eigenvalue weighted by Gasteiger charge is 2.25. The van der Waals surface area contributed by atoms with Crippen LogP contribution in [0.25, 0.3) is 10.9 Å². The number of nitrogens with zero attached hydrogens (tertiary/aromatic N) is 1. The van der Waals surface area contributed by atoms with Crippen molar-refractivity contribution in [3.8, 4) is 0 Å². The second-order valence-corrected chi connectivity index (χ2v) is 8.93. The Morgan fingerprint density at radius 2 is 1.50 bits per heavy atom. The molecule has 0 saturated heterocycles. The van der Waals surface area contributed by atoms with Crippen LogP contribution in [0.15, 0.2) is 89.8 Å². The van der Waals surface area contributed by atoms with E-state index in [1.54, 1.807) is 0 Å². The summed E-state index contributed by atoms with van der Waals surface area (Å²) in [4.78, 5) is 14.2. The molecule has 0 radical (unpaired) electrons. The fourth-order valence-corrected chi connectivity index (χ4v) is 5.49. The SMILES string of the molecule is CCC(CS(=O)c1ccccc1)n1c(C)c(C(=O)c2ccccc2)c2ccccc21. The van der Waals surface area contributed by atoms with Crippen molar-refractivity contribution >= 4 is 27.5 Å². The number of carbonyl (C=O) groups is 1. The molecule has 1 heterocycles. The third kappa shape index (κ3) is 3.75. The lowest BCUT2D eigenvalue weighted by Gasteiger charge is -2.20. The van der Waals surface area contributed by atoms with E-state index in [1.807, 2.05) is 85.8 Å². The van der Waals surface area contributed by atoms with Gasteiger partial charge in [0.15, 0.2) is 5.78 Å². The Balaban J connectivity index is 1.80. The van der Waals surface area contributed by atoms with Gasteiger partial charge in [-0.15, -0.1) is 0 Å². The van der Waals surface area contributed by atoms with Crippen LogP contribution in [0.2, 0.25) is 0 Å². The molecule has 30 heavy (non-hydrogen) atoms. The van der Waals surface area contributed by atoms with Gasteiger partial charge in [0.2, 0.25) is 0 Å². The van der Waals surface area contributed by atoms with Crippen molar-refractivity contribution in [2.75, 3.05) is 5.75 Å². The van der Waals surface area contributed by atoms with Gasteiger partial charge in [-0.3, -0.25) is 9.00 Å². The first-order valence-electron chi connectivity index (χ1n) is 10.2. The van der Waals surface area contributed by atoms with Gasteiger partial charge in [0.25, 0.3) is 0 Å². The topological polar surface area (TPSA) is 39.1 Å². The molecule has 0 saturated carbocycles. The van der Waals surface area contributed by atoms with Crippen LogP contribution in [-0.2, 0) is 10.8 Å². The molecule has 0 fully saturated rings. The van der Waals surface area contributed by atoms with Crippen LogP contribution < -0.4 is 0 Å². The fourth-order valence-electron chi connectivity index (χ4n) is 4.10. The van der Waals surface area contributed by atoms with E-state index in [4.69, 9.17) is 0 Å². The zero-order valence-corrected chi connectivity index (χ0v) is 18.1. The van der Waals surface area contributed by atoms with Gasteiger partial charge in [0.05, 0.1) is 16.4 Å². The molecule has 0 aliphatic heterocycles. The average Bonchev–Trinajstić information content (AvgIpc) is 3.09. The van der Waals surface area contributed by atoms with E-state index in [9.17, 15) is 9.00 Å². The molecular weight excluding hydrogens is 390 g/mol. The molecule has 1 aromatic heterocycles. The van der Waals surface area contributed by atoms with Crippen molar-refractivity contribution in [1.82, 2.24) is 4.57 Å². The number of aromatic nitrogens is 1. The summed E-state index contributed by atoms with van der Waals surface area (Å²) in [6.45, 7) is 4.12. The Labute approximate surface area is 179 Å². The van der Waals surface area contributed by atoms with Gasteiger partial charge < -0.3 is 4.57 Å². The summed E-state index contributed by atoms with van der Waals surface area (Å²) in [6, 6.07) is 27.1. The zero-order chi connectivity index (χ0) is 21.1. The summed E-state index contributed by atoms with van der Waals surface area (Å²) in [6.07, 6.45) is 0.830. The van der Waals surface area contributed by atoms with E-state index in [2.05, 4.69) is 17.6 Å². The molecule has 3 aromatic carbocycles. The van der Waals surface area contributed by atoms with Gasteiger partial charge in [-0.25, -0.2) is 0 Å². The smallest absolute Gasteiger partial charge is 0.195 e. The Morgan fingerprint density at radius 1 is 0.900 bits per heavy atom. The summed E-state index contributed by atoms with van der Waals surface area (Å²) in [5.74, 6) is 0.543. The maximum absolute atomic E-state index is 13.4. The average molecular weight is 416 g/mol. The van der Waals surface area contributed by atoms with Crippen molar-refractivity contribution in [2.45, 2.75) is 31.2 Å². The molecule has 4 rings (SSSR count). The van der Waals surface area contributed by atoms with E-state index in [0.29, 0.717) is 11.3 Å². The van der Waals surface area contributed by atoms with Crippen molar-refractivity contribution in [3.05, 3.63) is 102 Å². The maximum atomic E-state index is 13.4. The fraction of sp³-hybridized carbons (Fsp3) is 0.192. The minimum absolute atomic E-state index is 0.0297. The van der Waals surface area contributed by atoms with E-state index in [-0.39, 0.29) is 11.8 Å². The number of para-hydroxylation sites is 1. The van der Waals surface area contributed by atoms with Crippen molar-refractivity contribution < 1.29 is 9.00 Å². The highest BCUT2D eigenvalue weighted by molar-refractivity contribution is 7.85. The molecule has 0 N–H and O–H groups in total. The van der Waals surface area contributed by atoms with Crippen LogP contribution in [0.3, 0.4) is 0 Å². The van der Waals surface area contributed by atoms with Crippen LogP contribution in [0, 0.1) is 6.92 Å². The molecule has 4 heteroatoms. The predicted molar refractivity (Wildman–Crippen MR) is 124 cm³/mol. The van der Waals surface area contributed by atoms with E-state index in [0.717, 1.165) is 33.5 Å². The van der Waals surface area contributed by atoms with Crippen molar-refractivity contribution in [3.63, 3.8) is 0 Å². The number of ketones is 1. The maximum Gasteiger partial charge on any atom is 0.195 e. The third-order valence-corrected chi connectivity index (χ3v) is 7.09. The molecule has 152 valence electrons. The number of hydrogen-bond donors (Lipinski definition) is 0. The third-order valence-electron chi connectivity index (χ3n) is 5.61. The lowest BCUT2D eigenvalue weighted by atomic mass is 10.0. The Kier molecular flexibility index (Phi) is 5.96. The lowest BCUT2D eigenvalue weighted by molar-refractivity contribution is 0.103. The van der Waals surface area contributed by atoms with Crippen LogP contribution in [0.4, 0.5) is 0 Å². The number of hydrogen-bond acceptors (Lipinski definition) is 2. The molecule has 2 unspecified atom stereocenters. The normalized spacial score (nSPS) is 13.3. The first-order valence-corrected chi connectivity index (χ1v) is 11.6. The summed E-state index contributed by atoms with van der Waals surface area (Å²) in [5.41, 5.74) is 3.37. The molecule has 0 aliphatic rings. The monoisotopic (exact) mass is 415 g/mol. The predicted octanol–water partition coefficient (Wildman–Crippen LogP) is 5.94. The van der Waals surface area contributed by atoms with Gasteiger partial charge >= 0.3 is 0 Å². The molecule has 0 spiro atoms. The summed E-state index contributed by atoms with van der Waals surface area (Å²) in [7, 11) is -1.11. The van der Waals surface area contributed by atoms with Crippen molar-refractivity contribution in [2.24, 2.45) is 0 Å². The van der Waals surface area contributed by atoms with Crippen molar-refractivity contribution in [1.29, 1.82) is 0 Å². The van der Waals surface area contributed by atoms with E-state index >= 15 is 0 Å². The highest BCUT2D eigenvalue weighted by Crippen LogP contribution is 2.32. The standard InChI is InChI=1S/C26H25NO2S/c1-3-21(18-30(29)22-14-8-5-9-15-22)27-19(2)25(23-16-10-11-17-24(23)27)26(28)20-12-6-4-7-13-20/h4-17,21H,3,18H2,1-2H3. The number of carbonyl (C=O) groups excluding carboxylic acids is 1. The molecule has 0 aliphatic carbocycles. The zero-order valence-electron chi connectivity index (χ0n) is 17.2. The van der Waals surface area contributed by atoms with Gasteiger partial charge in [-0.05, 0) is 31.5 Å². The van der Waals surface area contributed by atoms with Gasteiger partial charge in [0, 0.05) is 38.9 Å². The largest absolute Gasteiger partial charge is 0.340 e. The van der Waals surface area contributed by atoms with Gasteiger partial charge in [0.1, 0.15) is 0 Å². The summed E-state index contributed by atoms with van der Waals surface area (Å²) in [5, 5.41) is 0.952. The quantitative estimate of drug-likeness (QED) is 0.350. The first-order chi connectivity index (χ1) is 14.6. The molecule has 3 nitrogen and oxygen atoms in total. The Bertz CT molecular complexity index is 1200. The molecule has 4 aromatic rings. The number of benzene rings is 3. The number of rotatable bonds is 7. The van der Waals surface area contributed by atoms with Crippen LogP contribution >= 0.6 is 0 Å². The molecule has 2 atom stereocenters. The van der Waals surface area contributed by atoms with Gasteiger partial charge in [-0.1, -0.05) is 73.7 Å². The number of fused-ring (bicyclic) bond motifs is 1. The van der Waals surface area contributed by atoms with Crippen LogP contribution in [0.5, 0.6) is 0 Å². The second-order valence-electron chi connectivity index (χ2n) is 7.43. The van der Waals surface area contributed by atoms with Crippen LogP contribution in [-0.4, -0.2) is 20.3 Å². The summed E-state index contributed by atoms with van der Waals surface area (Å²) >= 11 is 0. The van der Waals surface area contributed by atoms with Crippen LogP contribution in [0.1, 0.15) is 41.0 Å². The summed E-state index contributed by atoms with van der Waals surface area (Å²) < 4.78 is 15.2. The minimum Gasteiger partial charge on any atom is -0.340 e. The molecule has 0 bridgehead atoms. The second kappa shape index (κ2) is 8.80. The van der Waals surface area contributed by atoms with E-state index in [1.165, 1.54) is 0 Å².